The number of carbonyl (C=O) groups excluding carboxylic acids is 1. The van der Waals surface area contributed by atoms with E-state index in [4.69, 9.17) is 9.15 Å². The van der Waals surface area contributed by atoms with Gasteiger partial charge in [-0.3, -0.25) is 4.79 Å². The molecular weight excluding hydrogens is 304 g/mol. The summed E-state index contributed by atoms with van der Waals surface area (Å²) in [5, 5.41) is 0. The van der Waals surface area contributed by atoms with Gasteiger partial charge in [-0.2, -0.15) is 0 Å². The largest absolute Gasteiger partial charge is 0.497 e. The standard InChI is InChI=1S/C19H22N2O3/c1-23-15-6-4-14(5-7-15)20-8-10-21(11-9-20)19(22)17-13-16(17)18-3-2-12-24-18/h2-7,12,16-17H,8-11,13H2,1H3. The molecule has 2 aliphatic rings. The Kier molecular flexibility index (Phi) is 3.92. The zero-order valence-electron chi connectivity index (χ0n) is 13.9. The van der Waals surface area contributed by atoms with Crippen LogP contribution in [-0.4, -0.2) is 44.1 Å². The molecule has 0 N–H and O–H groups in total. The topological polar surface area (TPSA) is 45.9 Å². The van der Waals surface area contributed by atoms with Crippen molar-refractivity contribution in [2.45, 2.75) is 12.3 Å². The van der Waals surface area contributed by atoms with Crippen molar-refractivity contribution in [3.05, 3.63) is 48.4 Å². The molecule has 2 atom stereocenters. The maximum absolute atomic E-state index is 12.6. The number of benzene rings is 1. The smallest absolute Gasteiger partial charge is 0.226 e. The lowest BCUT2D eigenvalue weighted by molar-refractivity contribution is -0.133. The van der Waals surface area contributed by atoms with Crippen LogP contribution in [0.1, 0.15) is 18.1 Å². The van der Waals surface area contributed by atoms with E-state index in [1.54, 1.807) is 13.4 Å². The minimum atomic E-state index is 0.115. The van der Waals surface area contributed by atoms with Gasteiger partial charge >= 0.3 is 0 Å². The number of amides is 1. The lowest BCUT2D eigenvalue weighted by Gasteiger charge is -2.36. The quantitative estimate of drug-likeness (QED) is 0.867. The molecule has 2 fully saturated rings. The molecule has 1 amide bonds. The van der Waals surface area contributed by atoms with Crippen LogP contribution in [0, 0.1) is 5.92 Å². The van der Waals surface area contributed by atoms with E-state index in [1.807, 2.05) is 29.2 Å². The van der Waals surface area contributed by atoms with Crippen molar-refractivity contribution in [3.8, 4) is 5.75 Å². The van der Waals surface area contributed by atoms with Crippen molar-refractivity contribution in [1.29, 1.82) is 0 Å². The number of piperazine rings is 1. The number of hydrogen-bond acceptors (Lipinski definition) is 4. The van der Waals surface area contributed by atoms with Crippen LogP contribution in [0.2, 0.25) is 0 Å². The molecule has 1 aliphatic carbocycles. The van der Waals surface area contributed by atoms with E-state index in [9.17, 15) is 4.79 Å². The van der Waals surface area contributed by atoms with Gasteiger partial charge in [0.2, 0.25) is 5.91 Å². The summed E-state index contributed by atoms with van der Waals surface area (Å²) in [6, 6.07) is 12.0. The zero-order valence-corrected chi connectivity index (χ0v) is 13.9. The Bertz CT molecular complexity index is 688. The van der Waals surface area contributed by atoms with Crippen LogP contribution in [0.5, 0.6) is 5.75 Å². The zero-order chi connectivity index (χ0) is 16.5. The Morgan fingerprint density at radius 2 is 1.88 bits per heavy atom. The number of ether oxygens (including phenoxy) is 1. The third-order valence-electron chi connectivity index (χ3n) is 5.05. The van der Waals surface area contributed by atoms with Crippen LogP contribution in [0.4, 0.5) is 5.69 Å². The predicted molar refractivity (Wildman–Crippen MR) is 91.3 cm³/mol. The molecule has 1 aromatic carbocycles. The highest BCUT2D eigenvalue weighted by Gasteiger charge is 2.47. The average molecular weight is 326 g/mol. The third kappa shape index (κ3) is 2.86. The predicted octanol–water partition coefficient (Wildman–Crippen LogP) is 2.74. The number of hydrogen-bond donors (Lipinski definition) is 0. The van der Waals surface area contributed by atoms with E-state index in [0.29, 0.717) is 0 Å². The molecule has 0 radical (unpaired) electrons. The fourth-order valence-corrected chi connectivity index (χ4v) is 3.50. The minimum absolute atomic E-state index is 0.115. The fraction of sp³-hybridized carbons (Fsp3) is 0.421. The van der Waals surface area contributed by atoms with Gasteiger partial charge in [0.15, 0.2) is 0 Å². The van der Waals surface area contributed by atoms with E-state index in [0.717, 1.165) is 44.1 Å². The van der Waals surface area contributed by atoms with Crippen LogP contribution >= 0.6 is 0 Å². The molecule has 1 saturated heterocycles. The molecule has 24 heavy (non-hydrogen) atoms. The number of furan rings is 1. The summed E-state index contributed by atoms with van der Waals surface area (Å²) in [6.07, 6.45) is 2.61. The molecule has 5 nitrogen and oxygen atoms in total. The first-order chi connectivity index (χ1) is 11.8. The summed E-state index contributed by atoms with van der Waals surface area (Å²) in [4.78, 5) is 17.0. The van der Waals surface area contributed by atoms with E-state index in [1.165, 1.54) is 5.69 Å². The van der Waals surface area contributed by atoms with Crippen molar-refractivity contribution in [2.75, 3.05) is 38.2 Å². The van der Waals surface area contributed by atoms with Crippen molar-refractivity contribution in [1.82, 2.24) is 4.90 Å². The van der Waals surface area contributed by atoms with Gasteiger partial charge < -0.3 is 19.0 Å². The lowest BCUT2D eigenvalue weighted by Crippen LogP contribution is -2.49. The molecule has 2 aromatic rings. The van der Waals surface area contributed by atoms with Crippen LogP contribution in [0.25, 0.3) is 0 Å². The highest BCUT2D eigenvalue weighted by molar-refractivity contribution is 5.83. The molecule has 2 heterocycles. The van der Waals surface area contributed by atoms with Crippen LogP contribution in [0.15, 0.2) is 47.1 Å². The summed E-state index contributed by atoms with van der Waals surface area (Å²) in [5.74, 6) is 2.50. The normalized spacial score (nSPS) is 23.2. The van der Waals surface area contributed by atoms with Crippen molar-refractivity contribution >= 4 is 11.6 Å². The first kappa shape index (κ1) is 15.1. The summed E-state index contributed by atoms with van der Waals surface area (Å²) >= 11 is 0. The average Bonchev–Trinajstić information content (AvgIpc) is 3.26. The first-order valence-electron chi connectivity index (χ1n) is 8.47. The summed E-state index contributed by atoms with van der Waals surface area (Å²) in [6.45, 7) is 3.31. The van der Waals surface area contributed by atoms with Crippen LogP contribution in [0.3, 0.4) is 0 Å². The van der Waals surface area contributed by atoms with E-state index < -0.39 is 0 Å². The molecular formula is C19H22N2O3. The SMILES string of the molecule is COc1ccc(N2CCN(C(=O)C3CC3c3ccco3)CC2)cc1. The number of rotatable bonds is 4. The highest BCUT2D eigenvalue weighted by atomic mass is 16.5. The molecule has 5 heteroatoms. The second kappa shape index (κ2) is 6.23. The van der Waals surface area contributed by atoms with Gasteiger partial charge in [-0.1, -0.05) is 0 Å². The van der Waals surface area contributed by atoms with E-state index in [2.05, 4.69) is 17.0 Å². The minimum Gasteiger partial charge on any atom is -0.497 e. The van der Waals surface area contributed by atoms with Gasteiger partial charge in [-0.05, 0) is 42.8 Å². The molecule has 2 unspecified atom stereocenters. The molecule has 126 valence electrons. The molecule has 4 rings (SSSR count). The Hall–Kier alpha value is -2.43. The van der Waals surface area contributed by atoms with Crippen molar-refractivity contribution in [2.24, 2.45) is 5.92 Å². The summed E-state index contributed by atoms with van der Waals surface area (Å²) in [5.41, 5.74) is 1.18. The van der Waals surface area contributed by atoms with E-state index in [-0.39, 0.29) is 17.7 Å². The number of nitrogens with zero attached hydrogens (tertiary/aromatic N) is 2. The van der Waals surface area contributed by atoms with Gasteiger partial charge in [0.05, 0.1) is 13.4 Å². The Labute approximate surface area is 141 Å². The maximum atomic E-state index is 12.6. The number of anilines is 1. The lowest BCUT2D eigenvalue weighted by atomic mass is 10.2. The van der Waals surface area contributed by atoms with Crippen molar-refractivity contribution in [3.63, 3.8) is 0 Å². The first-order valence-corrected chi connectivity index (χ1v) is 8.47. The molecule has 0 bridgehead atoms. The van der Waals surface area contributed by atoms with Crippen molar-refractivity contribution < 1.29 is 13.9 Å². The second-order valence-electron chi connectivity index (χ2n) is 6.47. The van der Waals surface area contributed by atoms with Gasteiger partial charge in [-0.25, -0.2) is 0 Å². The molecule has 1 aliphatic heterocycles. The number of methoxy groups -OCH3 is 1. The van der Waals surface area contributed by atoms with Gasteiger partial charge in [-0.15, -0.1) is 0 Å². The summed E-state index contributed by atoms with van der Waals surface area (Å²) < 4.78 is 10.6. The number of carbonyl (C=O) groups is 1. The third-order valence-corrected chi connectivity index (χ3v) is 5.05. The fourth-order valence-electron chi connectivity index (χ4n) is 3.50. The van der Waals surface area contributed by atoms with E-state index >= 15 is 0 Å². The Morgan fingerprint density at radius 1 is 1.12 bits per heavy atom. The Balaban J connectivity index is 1.32. The van der Waals surface area contributed by atoms with Gasteiger partial charge in [0.25, 0.3) is 0 Å². The van der Waals surface area contributed by atoms with Crippen LogP contribution in [-0.2, 0) is 4.79 Å². The molecule has 0 spiro atoms. The van der Waals surface area contributed by atoms with Gasteiger partial charge in [0, 0.05) is 43.7 Å². The molecule has 1 saturated carbocycles. The van der Waals surface area contributed by atoms with Crippen LogP contribution < -0.4 is 9.64 Å². The monoisotopic (exact) mass is 326 g/mol. The Morgan fingerprint density at radius 3 is 2.50 bits per heavy atom. The highest BCUT2D eigenvalue weighted by Crippen LogP contribution is 2.48. The summed E-state index contributed by atoms with van der Waals surface area (Å²) in [7, 11) is 1.67. The van der Waals surface area contributed by atoms with Gasteiger partial charge in [0.1, 0.15) is 11.5 Å². The maximum Gasteiger partial charge on any atom is 0.226 e. The second-order valence-corrected chi connectivity index (χ2v) is 6.47. The molecule has 1 aromatic heterocycles.